The molecule has 21 heavy (non-hydrogen) atoms. The molecule has 0 aromatic heterocycles. The number of carbonyl (C=O) groups is 2. The van der Waals surface area contributed by atoms with E-state index in [4.69, 9.17) is 5.11 Å². The summed E-state index contributed by atoms with van der Waals surface area (Å²) in [5.74, 6) is -1.66. The molecule has 0 spiro atoms. The monoisotopic (exact) mass is 305 g/mol. The molecule has 0 saturated carbocycles. The highest BCUT2D eigenvalue weighted by molar-refractivity contribution is 5.87. The van der Waals surface area contributed by atoms with Crippen molar-refractivity contribution in [2.75, 3.05) is 20.3 Å². The van der Waals surface area contributed by atoms with Gasteiger partial charge in [-0.15, -0.1) is 0 Å². The Balaban J connectivity index is 2.46. The van der Waals surface area contributed by atoms with Crippen molar-refractivity contribution in [3.05, 3.63) is 35.4 Å². The average molecular weight is 305 g/mol. The van der Waals surface area contributed by atoms with Crippen LogP contribution in [0.25, 0.3) is 0 Å². The second-order valence-electron chi connectivity index (χ2n) is 4.36. The van der Waals surface area contributed by atoms with Crippen LogP contribution in [-0.2, 0) is 16.1 Å². The van der Waals surface area contributed by atoms with Crippen LogP contribution in [0.4, 0.5) is 13.2 Å². The van der Waals surface area contributed by atoms with Crippen LogP contribution in [0, 0.1) is 0 Å². The molecular weight excluding hydrogens is 291 g/mol. The predicted molar refractivity (Wildman–Crippen MR) is 66.7 cm³/mol. The van der Waals surface area contributed by atoms with Crippen LogP contribution in [-0.4, -0.2) is 48.3 Å². The molecule has 1 rings (SSSR count). The van der Waals surface area contributed by atoms with Gasteiger partial charge in [0.1, 0.15) is 13.2 Å². The minimum absolute atomic E-state index is 0.112. The lowest BCUT2D eigenvalue weighted by molar-refractivity contribution is -0.177. The van der Waals surface area contributed by atoms with Gasteiger partial charge < -0.3 is 14.7 Å². The molecule has 0 aliphatic rings. The third-order valence-electron chi connectivity index (χ3n) is 2.54. The van der Waals surface area contributed by atoms with E-state index < -0.39 is 31.3 Å². The van der Waals surface area contributed by atoms with Crippen molar-refractivity contribution in [2.45, 2.75) is 12.7 Å². The molecular formula is C13H14F3NO4. The minimum atomic E-state index is -4.47. The molecule has 0 aliphatic heterocycles. The molecule has 0 fully saturated rings. The summed E-state index contributed by atoms with van der Waals surface area (Å²) in [6.45, 7) is -1.99. The van der Waals surface area contributed by atoms with Crippen LogP contribution in [0.5, 0.6) is 0 Å². The Morgan fingerprint density at radius 3 is 2.29 bits per heavy atom. The van der Waals surface area contributed by atoms with Gasteiger partial charge in [0.2, 0.25) is 5.91 Å². The normalized spacial score (nSPS) is 11.2. The number of aromatic carboxylic acids is 1. The number of ether oxygens (including phenoxy) is 1. The van der Waals surface area contributed by atoms with E-state index in [0.29, 0.717) is 5.56 Å². The molecule has 1 aromatic carbocycles. The molecule has 0 radical (unpaired) electrons. The lowest BCUT2D eigenvalue weighted by atomic mass is 10.1. The van der Waals surface area contributed by atoms with E-state index in [1.165, 1.54) is 36.2 Å². The quantitative estimate of drug-likeness (QED) is 0.872. The van der Waals surface area contributed by atoms with Crippen LogP contribution in [0.1, 0.15) is 15.9 Å². The van der Waals surface area contributed by atoms with Crippen molar-refractivity contribution in [1.29, 1.82) is 0 Å². The van der Waals surface area contributed by atoms with Crippen LogP contribution in [0.2, 0.25) is 0 Å². The van der Waals surface area contributed by atoms with E-state index in [9.17, 15) is 22.8 Å². The lowest BCUT2D eigenvalue weighted by Crippen LogP contribution is -2.31. The van der Waals surface area contributed by atoms with Crippen LogP contribution < -0.4 is 0 Å². The van der Waals surface area contributed by atoms with Gasteiger partial charge >= 0.3 is 12.1 Å². The van der Waals surface area contributed by atoms with Crippen molar-refractivity contribution in [3.63, 3.8) is 0 Å². The number of carboxylic acids is 1. The summed E-state index contributed by atoms with van der Waals surface area (Å²) >= 11 is 0. The third-order valence-corrected chi connectivity index (χ3v) is 2.54. The maximum Gasteiger partial charge on any atom is 0.411 e. The van der Waals surface area contributed by atoms with Crippen LogP contribution in [0.3, 0.4) is 0 Å². The molecule has 8 heteroatoms. The SMILES string of the molecule is CN(Cc1ccc(C(=O)O)cc1)C(=O)COCC(F)(F)F. The molecule has 0 aliphatic carbocycles. The van der Waals surface area contributed by atoms with E-state index >= 15 is 0 Å². The highest BCUT2D eigenvalue weighted by atomic mass is 19.4. The Morgan fingerprint density at radius 2 is 1.81 bits per heavy atom. The topological polar surface area (TPSA) is 66.8 Å². The first-order valence-corrected chi connectivity index (χ1v) is 5.90. The van der Waals surface area contributed by atoms with Gasteiger partial charge in [0.05, 0.1) is 5.56 Å². The highest BCUT2D eigenvalue weighted by Crippen LogP contribution is 2.14. The standard InChI is InChI=1S/C13H14F3NO4/c1-17(11(18)7-21-8-13(14,15)16)6-9-2-4-10(5-3-9)12(19)20/h2-5H,6-8H2,1H3,(H,19,20). The van der Waals surface area contributed by atoms with Crippen molar-refractivity contribution >= 4 is 11.9 Å². The lowest BCUT2D eigenvalue weighted by Gasteiger charge is -2.17. The maximum absolute atomic E-state index is 11.9. The van der Waals surface area contributed by atoms with Gasteiger partial charge in [0.25, 0.3) is 0 Å². The second kappa shape index (κ2) is 7.07. The second-order valence-corrected chi connectivity index (χ2v) is 4.36. The first-order valence-electron chi connectivity index (χ1n) is 5.90. The zero-order valence-electron chi connectivity index (χ0n) is 11.2. The zero-order chi connectivity index (χ0) is 16.0. The van der Waals surface area contributed by atoms with Gasteiger partial charge in [-0.05, 0) is 17.7 Å². The number of carbonyl (C=O) groups excluding carboxylic acids is 1. The highest BCUT2D eigenvalue weighted by Gasteiger charge is 2.28. The number of hydrogen-bond donors (Lipinski definition) is 1. The summed E-state index contributed by atoms with van der Waals surface area (Å²) in [7, 11) is 1.42. The summed E-state index contributed by atoms with van der Waals surface area (Å²) in [4.78, 5) is 23.4. The van der Waals surface area contributed by atoms with Crippen molar-refractivity contribution < 1.29 is 32.6 Å². The van der Waals surface area contributed by atoms with Crippen molar-refractivity contribution in [1.82, 2.24) is 4.90 Å². The number of hydrogen-bond acceptors (Lipinski definition) is 3. The predicted octanol–water partition coefficient (Wildman–Crippen LogP) is 1.92. The number of carboxylic acid groups (broad SMARTS) is 1. The van der Waals surface area contributed by atoms with Gasteiger partial charge in [-0.1, -0.05) is 12.1 Å². The molecule has 5 nitrogen and oxygen atoms in total. The molecule has 1 aromatic rings. The van der Waals surface area contributed by atoms with E-state index in [1.54, 1.807) is 0 Å². The summed E-state index contributed by atoms with van der Waals surface area (Å²) in [5, 5.41) is 8.74. The zero-order valence-corrected chi connectivity index (χ0v) is 11.2. The van der Waals surface area contributed by atoms with E-state index in [-0.39, 0.29) is 12.1 Å². The Kier molecular flexibility index (Phi) is 5.71. The fraction of sp³-hybridized carbons (Fsp3) is 0.385. The fourth-order valence-corrected chi connectivity index (χ4v) is 1.48. The van der Waals surface area contributed by atoms with Crippen LogP contribution in [0.15, 0.2) is 24.3 Å². The molecule has 0 saturated heterocycles. The fourth-order valence-electron chi connectivity index (χ4n) is 1.48. The van der Waals surface area contributed by atoms with E-state index in [0.717, 1.165) is 0 Å². The third kappa shape index (κ3) is 6.26. The van der Waals surface area contributed by atoms with Gasteiger partial charge in [0.15, 0.2) is 0 Å². The van der Waals surface area contributed by atoms with E-state index in [2.05, 4.69) is 4.74 Å². The molecule has 1 amide bonds. The number of likely N-dealkylation sites (N-methyl/N-ethyl adjacent to an activating group) is 1. The van der Waals surface area contributed by atoms with Crippen LogP contribution >= 0.6 is 0 Å². The summed E-state index contributed by atoms with van der Waals surface area (Å²) in [6, 6.07) is 5.83. The number of nitrogens with zero attached hydrogens (tertiary/aromatic N) is 1. The largest absolute Gasteiger partial charge is 0.478 e. The van der Waals surface area contributed by atoms with Gasteiger partial charge in [-0.2, -0.15) is 13.2 Å². The maximum atomic E-state index is 11.9. The first-order chi connectivity index (χ1) is 9.69. The number of rotatable bonds is 6. The average Bonchev–Trinajstić information content (AvgIpc) is 2.37. The summed E-state index contributed by atoms with van der Waals surface area (Å²) in [5.41, 5.74) is 0.771. The Morgan fingerprint density at radius 1 is 1.24 bits per heavy atom. The van der Waals surface area contributed by atoms with Gasteiger partial charge in [-0.3, -0.25) is 4.79 Å². The molecule has 0 bridgehead atoms. The number of benzene rings is 1. The molecule has 0 heterocycles. The molecule has 0 atom stereocenters. The van der Waals surface area contributed by atoms with Crippen molar-refractivity contribution in [3.8, 4) is 0 Å². The number of halogens is 3. The van der Waals surface area contributed by atoms with Gasteiger partial charge in [0, 0.05) is 13.6 Å². The molecule has 0 unspecified atom stereocenters. The summed E-state index contributed by atoms with van der Waals surface area (Å²) < 4.78 is 39.9. The summed E-state index contributed by atoms with van der Waals surface area (Å²) in [6.07, 6.45) is -4.47. The van der Waals surface area contributed by atoms with Gasteiger partial charge in [-0.25, -0.2) is 4.79 Å². The van der Waals surface area contributed by atoms with Crippen molar-refractivity contribution in [2.24, 2.45) is 0 Å². The minimum Gasteiger partial charge on any atom is -0.478 e. The Hall–Kier alpha value is -2.09. The van der Waals surface area contributed by atoms with E-state index in [1.807, 2.05) is 0 Å². The molecule has 1 N–H and O–H groups in total. The molecule has 116 valence electrons. The smallest absolute Gasteiger partial charge is 0.411 e. The Labute approximate surface area is 118 Å². The number of alkyl halides is 3. The Bertz CT molecular complexity index is 499. The number of amides is 1. The first kappa shape index (κ1) is 17.0.